The van der Waals surface area contributed by atoms with Crippen LogP contribution >= 0.6 is 0 Å². The molecule has 0 aromatic rings. The van der Waals surface area contributed by atoms with Crippen LogP contribution in [0.5, 0.6) is 0 Å². The SMILES string of the molecule is CCNC1CC(C)CN(CCO)C1. The molecular weight excluding hydrogens is 164 g/mol. The molecule has 0 saturated carbocycles. The first kappa shape index (κ1) is 11.0. The highest BCUT2D eigenvalue weighted by molar-refractivity contribution is 4.81. The molecule has 1 aliphatic heterocycles. The molecule has 0 radical (unpaired) electrons. The molecule has 2 unspecified atom stereocenters. The summed E-state index contributed by atoms with van der Waals surface area (Å²) in [5.74, 6) is 0.754. The molecule has 1 heterocycles. The molecule has 78 valence electrons. The normalized spacial score (nSPS) is 30.7. The van der Waals surface area contributed by atoms with E-state index in [0.29, 0.717) is 6.04 Å². The number of hydrogen-bond acceptors (Lipinski definition) is 3. The molecule has 1 saturated heterocycles. The van der Waals surface area contributed by atoms with Crippen molar-refractivity contribution in [3.8, 4) is 0 Å². The minimum absolute atomic E-state index is 0.283. The largest absolute Gasteiger partial charge is 0.395 e. The van der Waals surface area contributed by atoms with Crippen LogP contribution < -0.4 is 5.32 Å². The Balaban J connectivity index is 2.33. The summed E-state index contributed by atoms with van der Waals surface area (Å²) in [6, 6.07) is 0.625. The number of likely N-dealkylation sites (tertiary alicyclic amines) is 1. The molecule has 0 aliphatic carbocycles. The molecule has 1 aliphatic rings. The maximum atomic E-state index is 8.86. The lowest BCUT2D eigenvalue weighted by molar-refractivity contribution is 0.123. The molecule has 13 heavy (non-hydrogen) atoms. The van der Waals surface area contributed by atoms with Crippen LogP contribution in [0.2, 0.25) is 0 Å². The second kappa shape index (κ2) is 5.58. The number of β-amino-alcohol motifs (C(OH)–C–C–N with tert-alkyl or cyclic N) is 1. The van der Waals surface area contributed by atoms with E-state index in [4.69, 9.17) is 5.11 Å². The molecule has 2 N–H and O–H groups in total. The molecular formula is C10H22N2O. The van der Waals surface area contributed by atoms with Gasteiger partial charge in [-0.25, -0.2) is 0 Å². The van der Waals surface area contributed by atoms with Gasteiger partial charge in [-0.05, 0) is 18.9 Å². The first-order valence-electron chi connectivity index (χ1n) is 5.32. The second-order valence-electron chi connectivity index (χ2n) is 4.08. The zero-order chi connectivity index (χ0) is 9.68. The monoisotopic (exact) mass is 186 g/mol. The van der Waals surface area contributed by atoms with Gasteiger partial charge in [0.25, 0.3) is 0 Å². The number of rotatable bonds is 4. The Kier molecular flexibility index (Phi) is 4.70. The first-order chi connectivity index (χ1) is 6.26. The number of nitrogens with one attached hydrogen (secondary N) is 1. The molecule has 3 heteroatoms. The molecule has 0 spiro atoms. The smallest absolute Gasteiger partial charge is 0.0558 e. The summed E-state index contributed by atoms with van der Waals surface area (Å²) in [7, 11) is 0. The topological polar surface area (TPSA) is 35.5 Å². The fraction of sp³-hybridized carbons (Fsp3) is 1.00. The summed E-state index contributed by atoms with van der Waals surface area (Å²) < 4.78 is 0. The fourth-order valence-corrected chi connectivity index (χ4v) is 2.22. The van der Waals surface area contributed by atoms with Crippen LogP contribution in [0.25, 0.3) is 0 Å². The van der Waals surface area contributed by atoms with Gasteiger partial charge in [-0.2, -0.15) is 0 Å². The highest BCUT2D eigenvalue weighted by atomic mass is 16.3. The Bertz CT molecular complexity index is 127. The predicted molar refractivity (Wildman–Crippen MR) is 54.8 cm³/mol. The van der Waals surface area contributed by atoms with Crippen molar-refractivity contribution in [2.75, 3.05) is 32.8 Å². The van der Waals surface area contributed by atoms with Crippen molar-refractivity contribution < 1.29 is 5.11 Å². The lowest BCUT2D eigenvalue weighted by Gasteiger charge is -2.36. The van der Waals surface area contributed by atoms with Gasteiger partial charge in [0.2, 0.25) is 0 Å². The lowest BCUT2D eigenvalue weighted by atomic mass is 9.96. The third-order valence-electron chi connectivity index (χ3n) is 2.64. The zero-order valence-electron chi connectivity index (χ0n) is 8.79. The van der Waals surface area contributed by atoms with Crippen LogP contribution in [0.4, 0.5) is 0 Å². The highest BCUT2D eigenvalue weighted by Crippen LogP contribution is 2.15. The van der Waals surface area contributed by atoms with Gasteiger partial charge in [0.1, 0.15) is 0 Å². The van der Waals surface area contributed by atoms with E-state index < -0.39 is 0 Å². The summed E-state index contributed by atoms with van der Waals surface area (Å²) >= 11 is 0. The highest BCUT2D eigenvalue weighted by Gasteiger charge is 2.23. The average Bonchev–Trinajstić information content (AvgIpc) is 2.04. The van der Waals surface area contributed by atoms with E-state index in [1.807, 2.05) is 0 Å². The Morgan fingerprint density at radius 2 is 2.23 bits per heavy atom. The van der Waals surface area contributed by atoms with Crippen LogP contribution in [0, 0.1) is 5.92 Å². The van der Waals surface area contributed by atoms with E-state index in [1.54, 1.807) is 0 Å². The Morgan fingerprint density at radius 1 is 1.46 bits per heavy atom. The Hall–Kier alpha value is -0.120. The van der Waals surface area contributed by atoms with Gasteiger partial charge in [-0.15, -0.1) is 0 Å². The van der Waals surface area contributed by atoms with Crippen molar-refractivity contribution in [2.45, 2.75) is 26.3 Å². The number of likely N-dealkylation sites (N-methyl/N-ethyl adjacent to an activating group) is 1. The number of piperidine rings is 1. The standard InChI is InChI=1S/C10H22N2O/c1-3-11-10-6-9(2)7-12(8-10)4-5-13/h9-11,13H,3-8H2,1-2H3. The Morgan fingerprint density at radius 3 is 2.85 bits per heavy atom. The van der Waals surface area contributed by atoms with E-state index in [2.05, 4.69) is 24.1 Å². The average molecular weight is 186 g/mol. The number of aliphatic hydroxyl groups is 1. The van der Waals surface area contributed by atoms with E-state index in [0.717, 1.165) is 32.1 Å². The molecule has 0 bridgehead atoms. The fourth-order valence-electron chi connectivity index (χ4n) is 2.22. The summed E-state index contributed by atoms with van der Waals surface area (Å²) in [4.78, 5) is 2.35. The van der Waals surface area contributed by atoms with Crippen LogP contribution in [0.15, 0.2) is 0 Å². The van der Waals surface area contributed by atoms with E-state index in [9.17, 15) is 0 Å². The third kappa shape index (κ3) is 3.63. The van der Waals surface area contributed by atoms with E-state index in [-0.39, 0.29) is 6.61 Å². The van der Waals surface area contributed by atoms with Crippen LogP contribution in [0.1, 0.15) is 20.3 Å². The van der Waals surface area contributed by atoms with Crippen molar-refractivity contribution in [3.63, 3.8) is 0 Å². The minimum Gasteiger partial charge on any atom is -0.395 e. The zero-order valence-corrected chi connectivity index (χ0v) is 8.79. The van der Waals surface area contributed by atoms with Crippen molar-refractivity contribution in [1.29, 1.82) is 0 Å². The van der Waals surface area contributed by atoms with E-state index in [1.165, 1.54) is 6.42 Å². The second-order valence-corrected chi connectivity index (χ2v) is 4.08. The van der Waals surface area contributed by atoms with Gasteiger partial charge in [0.05, 0.1) is 6.61 Å². The number of aliphatic hydroxyl groups excluding tert-OH is 1. The van der Waals surface area contributed by atoms with Crippen molar-refractivity contribution >= 4 is 0 Å². The van der Waals surface area contributed by atoms with Crippen LogP contribution in [0.3, 0.4) is 0 Å². The molecule has 1 rings (SSSR count). The van der Waals surface area contributed by atoms with Crippen molar-refractivity contribution in [3.05, 3.63) is 0 Å². The van der Waals surface area contributed by atoms with Gasteiger partial charge < -0.3 is 10.4 Å². The van der Waals surface area contributed by atoms with Gasteiger partial charge in [0, 0.05) is 25.7 Å². The van der Waals surface area contributed by atoms with Gasteiger partial charge >= 0.3 is 0 Å². The molecule has 0 amide bonds. The molecule has 3 nitrogen and oxygen atoms in total. The lowest BCUT2D eigenvalue weighted by Crippen LogP contribution is -2.49. The summed E-state index contributed by atoms with van der Waals surface area (Å²) in [6.07, 6.45) is 1.27. The molecule has 2 atom stereocenters. The number of hydrogen-bond donors (Lipinski definition) is 2. The third-order valence-corrected chi connectivity index (χ3v) is 2.64. The molecule has 0 aromatic carbocycles. The predicted octanol–water partition coefficient (Wildman–Crippen LogP) is 0.299. The quantitative estimate of drug-likeness (QED) is 0.663. The Labute approximate surface area is 81.1 Å². The van der Waals surface area contributed by atoms with Crippen molar-refractivity contribution in [2.24, 2.45) is 5.92 Å². The van der Waals surface area contributed by atoms with Crippen LogP contribution in [-0.4, -0.2) is 48.8 Å². The van der Waals surface area contributed by atoms with E-state index >= 15 is 0 Å². The van der Waals surface area contributed by atoms with Gasteiger partial charge in [-0.1, -0.05) is 13.8 Å². The first-order valence-corrected chi connectivity index (χ1v) is 5.32. The summed E-state index contributed by atoms with van der Waals surface area (Å²) in [6.45, 7) is 8.83. The molecule has 1 fully saturated rings. The maximum absolute atomic E-state index is 8.86. The van der Waals surface area contributed by atoms with Crippen molar-refractivity contribution in [1.82, 2.24) is 10.2 Å². The van der Waals surface area contributed by atoms with Gasteiger partial charge in [-0.3, -0.25) is 4.90 Å². The summed E-state index contributed by atoms with van der Waals surface area (Å²) in [5.41, 5.74) is 0. The summed E-state index contributed by atoms with van der Waals surface area (Å²) in [5, 5.41) is 12.3. The minimum atomic E-state index is 0.283. The molecule has 0 aromatic heterocycles. The van der Waals surface area contributed by atoms with Gasteiger partial charge in [0.15, 0.2) is 0 Å². The maximum Gasteiger partial charge on any atom is 0.0558 e. The number of nitrogens with zero attached hydrogens (tertiary/aromatic N) is 1. The van der Waals surface area contributed by atoms with Crippen LogP contribution in [-0.2, 0) is 0 Å².